The number of aromatic nitrogens is 1. The van der Waals surface area contributed by atoms with Gasteiger partial charge in [0.1, 0.15) is 17.0 Å². The third-order valence-corrected chi connectivity index (χ3v) is 7.23. The summed E-state index contributed by atoms with van der Waals surface area (Å²) in [7, 11) is 1.63. The third-order valence-electron chi connectivity index (χ3n) is 7.23. The largest absolute Gasteiger partial charge is 0.497 e. The van der Waals surface area contributed by atoms with E-state index < -0.39 is 5.54 Å². The lowest BCUT2D eigenvalue weighted by Crippen LogP contribution is -2.64. The van der Waals surface area contributed by atoms with E-state index in [1.807, 2.05) is 41.8 Å². The van der Waals surface area contributed by atoms with Crippen molar-refractivity contribution in [1.82, 2.24) is 14.8 Å². The monoisotopic (exact) mass is 449 g/mol. The molecular weight excluding hydrogens is 418 g/mol. The number of nitrogens with one attached hydrogen (secondary N) is 1. The molecule has 2 aliphatic rings. The summed E-state index contributed by atoms with van der Waals surface area (Å²) < 4.78 is 12.8. The molecule has 3 aromatic rings. The van der Waals surface area contributed by atoms with Gasteiger partial charge in [0.25, 0.3) is 5.91 Å². The second kappa shape index (κ2) is 8.61. The molecule has 7 heteroatoms. The van der Waals surface area contributed by atoms with Crippen LogP contribution in [0.25, 0.3) is 11.1 Å². The van der Waals surface area contributed by atoms with E-state index in [-0.39, 0.29) is 17.9 Å². The average molecular weight is 450 g/mol. The lowest BCUT2D eigenvalue weighted by molar-refractivity contribution is -0.134. The van der Waals surface area contributed by atoms with Gasteiger partial charge < -0.3 is 23.9 Å². The number of methoxy groups -OCH3 is 1. The first-order chi connectivity index (χ1) is 16.0. The van der Waals surface area contributed by atoms with Crippen molar-refractivity contribution in [3.63, 3.8) is 0 Å². The fraction of sp³-hybridized carbons (Fsp3) is 0.462. The van der Waals surface area contributed by atoms with E-state index in [0.717, 1.165) is 42.5 Å². The summed E-state index contributed by atoms with van der Waals surface area (Å²) in [6.45, 7) is 2.60. The van der Waals surface area contributed by atoms with Gasteiger partial charge in [0, 0.05) is 24.7 Å². The number of hydrogen-bond acceptors (Lipinski definition) is 4. The van der Waals surface area contributed by atoms with Gasteiger partial charge in [0.15, 0.2) is 5.58 Å². The van der Waals surface area contributed by atoms with Crippen molar-refractivity contribution in [1.29, 1.82) is 0 Å². The summed E-state index contributed by atoms with van der Waals surface area (Å²) >= 11 is 0. The second-order valence-electron chi connectivity index (χ2n) is 9.46. The number of carbonyl (C=O) groups excluding carboxylic acids is 2. The van der Waals surface area contributed by atoms with Crippen LogP contribution in [0.15, 0.2) is 47.1 Å². The minimum Gasteiger partial charge on any atom is -0.497 e. The van der Waals surface area contributed by atoms with E-state index in [9.17, 15) is 9.59 Å². The third kappa shape index (κ3) is 3.90. The van der Waals surface area contributed by atoms with Crippen molar-refractivity contribution >= 4 is 22.9 Å². The Morgan fingerprint density at radius 2 is 1.88 bits per heavy atom. The van der Waals surface area contributed by atoms with Crippen LogP contribution in [0.3, 0.4) is 0 Å². The Kier molecular flexibility index (Phi) is 5.64. The Hall–Kier alpha value is -3.22. The molecule has 0 unspecified atom stereocenters. The van der Waals surface area contributed by atoms with Crippen LogP contribution < -0.4 is 10.1 Å². The molecule has 0 saturated heterocycles. The first kappa shape index (κ1) is 21.6. The molecule has 2 amide bonds. The minimum atomic E-state index is -1.03. The highest BCUT2D eigenvalue weighted by Crippen LogP contribution is 2.34. The summed E-state index contributed by atoms with van der Waals surface area (Å²) in [6, 6.07) is 11.4. The fourth-order valence-electron chi connectivity index (χ4n) is 5.20. The predicted octanol–water partition coefficient (Wildman–Crippen LogP) is 4.50. The van der Waals surface area contributed by atoms with Crippen LogP contribution in [-0.2, 0) is 17.9 Å². The Bertz CT molecular complexity index is 1150. The Balaban J connectivity index is 1.50. The number of hydrogen-bond donors (Lipinski definition) is 1. The SMILES string of the molecule is COc1ccc(CN2C(=O)c3cc4occc4n3C[C@]2(C)C(=O)NC2CCCCCC2)cc1. The molecule has 1 aromatic carbocycles. The first-order valence-corrected chi connectivity index (χ1v) is 11.8. The fourth-order valence-corrected chi connectivity index (χ4v) is 5.20. The summed E-state index contributed by atoms with van der Waals surface area (Å²) in [5, 5.41) is 3.30. The molecule has 7 nitrogen and oxygen atoms in total. The van der Waals surface area contributed by atoms with E-state index in [0.29, 0.717) is 24.4 Å². The van der Waals surface area contributed by atoms with E-state index >= 15 is 0 Å². The van der Waals surface area contributed by atoms with Gasteiger partial charge in [0.2, 0.25) is 5.91 Å². The lowest BCUT2D eigenvalue weighted by Gasteiger charge is -2.44. The van der Waals surface area contributed by atoms with Crippen LogP contribution in [0, 0.1) is 0 Å². The van der Waals surface area contributed by atoms with E-state index in [4.69, 9.17) is 9.15 Å². The number of amides is 2. The van der Waals surface area contributed by atoms with Crippen LogP contribution in [0.5, 0.6) is 5.75 Å². The molecule has 174 valence electrons. The molecule has 33 heavy (non-hydrogen) atoms. The first-order valence-electron chi connectivity index (χ1n) is 11.8. The van der Waals surface area contributed by atoms with Gasteiger partial charge in [-0.3, -0.25) is 9.59 Å². The number of furan rings is 1. The van der Waals surface area contributed by atoms with E-state index in [2.05, 4.69) is 5.32 Å². The van der Waals surface area contributed by atoms with Crippen molar-refractivity contribution in [2.45, 2.75) is 70.1 Å². The van der Waals surface area contributed by atoms with Crippen molar-refractivity contribution in [3.05, 3.63) is 53.9 Å². The normalized spacial score (nSPS) is 21.6. The smallest absolute Gasteiger partial charge is 0.271 e. The van der Waals surface area contributed by atoms with E-state index in [1.165, 1.54) is 12.8 Å². The maximum absolute atomic E-state index is 13.8. The number of fused-ring (bicyclic) bond motifs is 3. The summed E-state index contributed by atoms with van der Waals surface area (Å²) in [5.41, 5.74) is 1.98. The second-order valence-corrected chi connectivity index (χ2v) is 9.46. The van der Waals surface area contributed by atoms with Gasteiger partial charge in [-0.2, -0.15) is 0 Å². The molecule has 1 aliphatic carbocycles. The van der Waals surface area contributed by atoms with Gasteiger partial charge in [-0.05, 0) is 37.5 Å². The molecule has 1 atom stereocenters. The molecule has 0 spiro atoms. The molecule has 5 rings (SSSR count). The zero-order chi connectivity index (χ0) is 23.0. The van der Waals surface area contributed by atoms with Crippen molar-refractivity contribution in [2.24, 2.45) is 0 Å². The number of carbonyl (C=O) groups is 2. The lowest BCUT2D eigenvalue weighted by atomic mass is 9.93. The molecule has 1 aliphatic heterocycles. The van der Waals surface area contributed by atoms with Gasteiger partial charge in [0.05, 0.1) is 25.4 Å². The number of rotatable bonds is 5. The standard InChI is InChI=1S/C26H31N3O4/c1-26(25(31)27-19-7-5-3-4-6-8-19)17-28-21-13-14-33-23(21)15-22(28)24(30)29(26)16-18-9-11-20(32-2)12-10-18/h9-15,19H,3-8,16-17H2,1-2H3,(H,27,31)/t26-/m1/s1. The van der Waals surface area contributed by atoms with Crippen LogP contribution in [0.1, 0.15) is 61.5 Å². The van der Waals surface area contributed by atoms with Crippen LogP contribution >= 0.6 is 0 Å². The summed E-state index contributed by atoms with van der Waals surface area (Å²) in [5.74, 6) is 0.501. The molecule has 0 radical (unpaired) electrons. The predicted molar refractivity (Wildman–Crippen MR) is 125 cm³/mol. The Morgan fingerprint density at radius 1 is 1.15 bits per heavy atom. The Labute approximate surface area is 193 Å². The minimum absolute atomic E-state index is 0.0905. The summed E-state index contributed by atoms with van der Waals surface area (Å²) in [6.07, 6.45) is 8.31. The van der Waals surface area contributed by atoms with Crippen molar-refractivity contribution in [2.75, 3.05) is 7.11 Å². The van der Waals surface area contributed by atoms with E-state index in [1.54, 1.807) is 24.3 Å². The quantitative estimate of drug-likeness (QED) is 0.582. The average Bonchev–Trinajstić information content (AvgIpc) is 3.31. The maximum Gasteiger partial charge on any atom is 0.271 e. The van der Waals surface area contributed by atoms with Crippen molar-refractivity contribution in [3.8, 4) is 5.75 Å². The van der Waals surface area contributed by atoms with Crippen LogP contribution in [-0.4, -0.2) is 40.0 Å². The number of benzene rings is 1. The molecular formula is C26H31N3O4. The maximum atomic E-state index is 13.8. The van der Waals surface area contributed by atoms with Gasteiger partial charge in [-0.25, -0.2) is 0 Å². The number of ether oxygens (including phenoxy) is 1. The topological polar surface area (TPSA) is 76.7 Å². The van der Waals surface area contributed by atoms with Crippen LogP contribution in [0.2, 0.25) is 0 Å². The molecule has 0 bridgehead atoms. The van der Waals surface area contributed by atoms with Crippen LogP contribution in [0.4, 0.5) is 0 Å². The Morgan fingerprint density at radius 3 is 2.58 bits per heavy atom. The molecule has 3 heterocycles. The highest BCUT2D eigenvalue weighted by atomic mass is 16.5. The zero-order valence-electron chi connectivity index (χ0n) is 19.3. The van der Waals surface area contributed by atoms with Crippen molar-refractivity contribution < 1.29 is 18.7 Å². The summed E-state index contributed by atoms with van der Waals surface area (Å²) in [4.78, 5) is 29.2. The zero-order valence-corrected chi connectivity index (χ0v) is 19.3. The van der Waals surface area contributed by atoms with Gasteiger partial charge in [-0.15, -0.1) is 0 Å². The molecule has 1 fully saturated rings. The number of nitrogens with zero attached hydrogens (tertiary/aromatic N) is 2. The highest BCUT2D eigenvalue weighted by Gasteiger charge is 2.48. The van der Waals surface area contributed by atoms with Gasteiger partial charge in [-0.1, -0.05) is 37.8 Å². The highest BCUT2D eigenvalue weighted by molar-refractivity contribution is 6.02. The molecule has 2 aromatic heterocycles. The molecule has 1 N–H and O–H groups in total. The molecule has 1 saturated carbocycles. The van der Waals surface area contributed by atoms with Gasteiger partial charge >= 0.3 is 0 Å².